The average molecular weight is 459 g/mol. The standard InChI is InChI=1S/C24H22N6O2S/c1-17-6-8-20(9-7-17)33(31,32)30-13-11-21-23(26-16-27-24(21)30)19-14-28-29(15-19)22(10-12-25)18-4-2-3-5-18/h6-11,13-16,18H,2-5H2,1H3/b22-10+. The molecule has 8 nitrogen and oxygen atoms in total. The Hall–Kier alpha value is -3.77. The topological polar surface area (TPSA) is 106 Å². The van der Waals surface area contributed by atoms with Crippen molar-refractivity contribution in [3.8, 4) is 17.3 Å². The number of aromatic nitrogens is 5. The molecule has 3 heterocycles. The molecule has 3 aromatic heterocycles. The van der Waals surface area contributed by atoms with Crippen molar-refractivity contribution in [3.05, 3.63) is 66.9 Å². The second kappa shape index (κ2) is 8.30. The molecule has 0 saturated heterocycles. The molecule has 0 atom stereocenters. The van der Waals surface area contributed by atoms with Gasteiger partial charge in [0, 0.05) is 35.3 Å². The quantitative estimate of drug-likeness (QED) is 0.411. The Balaban J connectivity index is 1.56. The molecule has 0 spiro atoms. The summed E-state index contributed by atoms with van der Waals surface area (Å²) in [5.74, 6) is 0.309. The lowest BCUT2D eigenvalue weighted by molar-refractivity contribution is 0.588. The normalized spacial score (nSPS) is 15.2. The van der Waals surface area contributed by atoms with Crippen LogP contribution >= 0.6 is 0 Å². The van der Waals surface area contributed by atoms with E-state index in [0.717, 1.165) is 42.5 Å². The van der Waals surface area contributed by atoms with Crippen molar-refractivity contribution in [2.45, 2.75) is 37.5 Å². The number of hydrogen-bond acceptors (Lipinski definition) is 6. The fraction of sp³-hybridized carbons (Fsp3) is 0.250. The highest BCUT2D eigenvalue weighted by Gasteiger charge is 2.24. The molecule has 5 rings (SSSR count). The number of aryl methyl sites for hydroxylation is 1. The molecule has 9 heteroatoms. The molecular formula is C24H22N6O2S. The Kier molecular flexibility index (Phi) is 5.30. The van der Waals surface area contributed by atoms with Gasteiger partial charge in [-0.05, 0) is 38.0 Å². The van der Waals surface area contributed by atoms with Crippen LogP contribution in [-0.4, -0.2) is 32.1 Å². The Labute approximate surface area is 191 Å². The van der Waals surface area contributed by atoms with Crippen LogP contribution in [0.25, 0.3) is 28.0 Å². The molecule has 1 aliphatic rings. The second-order valence-electron chi connectivity index (χ2n) is 8.24. The van der Waals surface area contributed by atoms with Gasteiger partial charge >= 0.3 is 0 Å². The smallest absolute Gasteiger partial charge is 0.243 e. The summed E-state index contributed by atoms with van der Waals surface area (Å²) in [7, 11) is -3.80. The van der Waals surface area contributed by atoms with E-state index in [1.165, 1.54) is 16.5 Å². The summed E-state index contributed by atoms with van der Waals surface area (Å²) in [5, 5.41) is 14.4. The number of benzene rings is 1. The van der Waals surface area contributed by atoms with Crippen molar-refractivity contribution in [2.75, 3.05) is 0 Å². The molecule has 1 aromatic carbocycles. The summed E-state index contributed by atoms with van der Waals surface area (Å²) in [4.78, 5) is 8.87. The minimum absolute atomic E-state index is 0.196. The van der Waals surface area contributed by atoms with Gasteiger partial charge < -0.3 is 0 Å². The van der Waals surface area contributed by atoms with Gasteiger partial charge in [0.1, 0.15) is 6.33 Å². The van der Waals surface area contributed by atoms with Gasteiger partial charge in [-0.2, -0.15) is 10.4 Å². The lowest BCUT2D eigenvalue weighted by atomic mass is 10.0. The zero-order valence-electron chi connectivity index (χ0n) is 18.1. The number of rotatable bonds is 5. The van der Waals surface area contributed by atoms with Gasteiger partial charge in [-0.25, -0.2) is 27.0 Å². The largest absolute Gasteiger partial charge is 0.269 e. The molecule has 1 fully saturated rings. The second-order valence-corrected chi connectivity index (χ2v) is 10.1. The Morgan fingerprint density at radius 1 is 1.15 bits per heavy atom. The van der Waals surface area contributed by atoms with Crippen molar-refractivity contribution < 1.29 is 8.42 Å². The van der Waals surface area contributed by atoms with Crippen LogP contribution in [0.5, 0.6) is 0 Å². The maximum atomic E-state index is 13.2. The van der Waals surface area contributed by atoms with E-state index in [2.05, 4.69) is 21.1 Å². The van der Waals surface area contributed by atoms with E-state index in [0.29, 0.717) is 22.6 Å². The third-order valence-corrected chi connectivity index (χ3v) is 7.81. The highest BCUT2D eigenvalue weighted by Crippen LogP contribution is 2.34. The van der Waals surface area contributed by atoms with Crippen molar-refractivity contribution in [2.24, 2.45) is 5.92 Å². The lowest BCUT2D eigenvalue weighted by Crippen LogP contribution is -2.12. The Morgan fingerprint density at radius 3 is 2.64 bits per heavy atom. The predicted octanol–water partition coefficient (Wildman–Crippen LogP) is 4.39. The number of fused-ring (bicyclic) bond motifs is 1. The molecule has 1 aliphatic carbocycles. The van der Waals surface area contributed by atoms with Gasteiger partial charge in [0.15, 0.2) is 5.65 Å². The van der Waals surface area contributed by atoms with E-state index in [4.69, 9.17) is 0 Å². The first kappa shape index (κ1) is 21.1. The number of nitrogens with zero attached hydrogens (tertiary/aromatic N) is 6. The summed E-state index contributed by atoms with van der Waals surface area (Å²) in [5.41, 5.74) is 3.49. The van der Waals surface area contributed by atoms with Crippen LogP contribution < -0.4 is 0 Å². The van der Waals surface area contributed by atoms with Crippen molar-refractivity contribution >= 4 is 26.8 Å². The molecule has 0 aliphatic heterocycles. The maximum absolute atomic E-state index is 13.2. The molecule has 1 saturated carbocycles. The zero-order valence-corrected chi connectivity index (χ0v) is 18.9. The first-order valence-electron chi connectivity index (χ1n) is 10.8. The van der Waals surface area contributed by atoms with Crippen LogP contribution in [0, 0.1) is 24.2 Å². The molecule has 0 amide bonds. The molecule has 0 bridgehead atoms. The third-order valence-electron chi connectivity index (χ3n) is 6.13. The third kappa shape index (κ3) is 3.72. The molecule has 0 unspecified atom stereocenters. The van der Waals surface area contributed by atoms with Gasteiger partial charge in [-0.15, -0.1) is 0 Å². The van der Waals surface area contributed by atoms with Crippen LogP contribution in [0.15, 0.2) is 66.2 Å². The number of allylic oxidation sites excluding steroid dienone is 2. The molecule has 0 N–H and O–H groups in total. The van der Waals surface area contributed by atoms with Crippen LogP contribution in [0.3, 0.4) is 0 Å². The van der Waals surface area contributed by atoms with Crippen LogP contribution in [0.4, 0.5) is 0 Å². The molecule has 0 radical (unpaired) electrons. The van der Waals surface area contributed by atoms with Gasteiger partial charge in [0.2, 0.25) is 0 Å². The van der Waals surface area contributed by atoms with Crippen molar-refractivity contribution in [3.63, 3.8) is 0 Å². The highest BCUT2D eigenvalue weighted by molar-refractivity contribution is 7.90. The SMILES string of the molecule is Cc1ccc(S(=O)(=O)n2ccc3c(-c4cnn(/C(=C/C#N)C5CCCC5)c4)ncnc32)cc1. The van der Waals surface area contributed by atoms with E-state index in [9.17, 15) is 13.7 Å². The fourth-order valence-corrected chi connectivity index (χ4v) is 5.72. The van der Waals surface area contributed by atoms with Crippen LogP contribution in [0.2, 0.25) is 0 Å². The minimum atomic E-state index is -3.80. The maximum Gasteiger partial charge on any atom is 0.269 e. The summed E-state index contributed by atoms with van der Waals surface area (Å²) in [6, 6.07) is 10.6. The predicted molar refractivity (Wildman–Crippen MR) is 124 cm³/mol. The van der Waals surface area contributed by atoms with Crippen molar-refractivity contribution in [1.29, 1.82) is 5.26 Å². The zero-order chi connectivity index (χ0) is 23.0. The highest BCUT2D eigenvalue weighted by atomic mass is 32.2. The van der Waals surface area contributed by atoms with Gasteiger partial charge in [-0.1, -0.05) is 30.5 Å². The molecule has 166 valence electrons. The van der Waals surface area contributed by atoms with Gasteiger partial charge in [0.05, 0.1) is 28.6 Å². The van der Waals surface area contributed by atoms with Crippen LogP contribution in [0.1, 0.15) is 31.2 Å². The van der Waals surface area contributed by atoms with E-state index >= 15 is 0 Å². The Morgan fingerprint density at radius 2 is 1.91 bits per heavy atom. The van der Waals surface area contributed by atoms with E-state index in [1.807, 2.05) is 13.1 Å². The van der Waals surface area contributed by atoms with E-state index in [-0.39, 0.29) is 4.90 Å². The van der Waals surface area contributed by atoms with Crippen molar-refractivity contribution in [1.82, 2.24) is 23.7 Å². The Bertz CT molecular complexity index is 1500. The summed E-state index contributed by atoms with van der Waals surface area (Å²) < 4.78 is 29.4. The molecule has 33 heavy (non-hydrogen) atoms. The first-order valence-corrected chi connectivity index (χ1v) is 12.2. The van der Waals surface area contributed by atoms with E-state index in [1.54, 1.807) is 47.3 Å². The molecular weight excluding hydrogens is 436 g/mol. The summed E-state index contributed by atoms with van der Waals surface area (Å²) >= 11 is 0. The monoisotopic (exact) mass is 458 g/mol. The van der Waals surface area contributed by atoms with Gasteiger partial charge in [-0.3, -0.25) is 0 Å². The lowest BCUT2D eigenvalue weighted by Gasteiger charge is -2.13. The van der Waals surface area contributed by atoms with Gasteiger partial charge in [0.25, 0.3) is 10.0 Å². The summed E-state index contributed by atoms with van der Waals surface area (Å²) in [6.07, 6.45) is 12.3. The fourth-order valence-electron chi connectivity index (χ4n) is 4.42. The van der Waals surface area contributed by atoms with Crippen LogP contribution in [-0.2, 0) is 10.0 Å². The van der Waals surface area contributed by atoms with E-state index < -0.39 is 10.0 Å². The number of hydrogen-bond donors (Lipinski definition) is 0. The summed E-state index contributed by atoms with van der Waals surface area (Å²) in [6.45, 7) is 1.91. The minimum Gasteiger partial charge on any atom is -0.243 e. The number of nitriles is 1. The average Bonchev–Trinajstić information content (AvgIpc) is 3.58. The molecule has 4 aromatic rings. The first-order chi connectivity index (χ1) is 16.0.